The van der Waals surface area contributed by atoms with Crippen molar-refractivity contribution in [2.45, 2.75) is 50.7 Å². The number of benzene rings is 1. The van der Waals surface area contributed by atoms with Crippen molar-refractivity contribution in [2.24, 2.45) is 5.92 Å². The van der Waals surface area contributed by atoms with Gasteiger partial charge in [-0.1, -0.05) is 12.8 Å². The first kappa shape index (κ1) is 19.4. The molecule has 154 valence electrons. The first-order valence-electron chi connectivity index (χ1n) is 10.1. The highest BCUT2D eigenvalue weighted by Gasteiger charge is 2.38. The zero-order valence-electron chi connectivity index (χ0n) is 16.6. The molecule has 2 fully saturated rings. The van der Waals surface area contributed by atoms with Crippen molar-refractivity contribution in [2.75, 3.05) is 17.7 Å². The highest BCUT2D eigenvalue weighted by atomic mass is 16.5. The molecule has 0 radical (unpaired) electrons. The quantitative estimate of drug-likeness (QED) is 0.695. The second kappa shape index (κ2) is 8.65. The fourth-order valence-corrected chi connectivity index (χ4v) is 4.29. The molecule has 8 heteroatoms. The monoisotopic (exact) mass is 397 g/mol. The molecule has 2 aromatic rings. The standard InChI is InChI=1S/C21H27N5O3/c1-29-17-8-6-15(7-9-17)23-20(27)13-26-12-16(11-22-26)24-21(28)19-10-14-4-2-3-5-18(14)25-19/h6-9,11-12,14,18-19,25H,2-5,10,13H2,1H3,(H,23,27)(H,24,28). The van der Waals surface area contributed by atoms with E-state index in [0.29, 0.717) is 23.3 Å². The lowest BCUT2D eigenvalue weighted by Gasteiger charge is -2.24. The van der Waals surface area contributed by atoms with E-state index in [1.807, 2.05) is 0 Å². The molecular weight excluding hydrogens is 370 g/mol. The van der Waals surface area contributed by atoms with Crippen molar-refractivity contribution in [3.05, 3.63) is 36.7 Å². The van der Waals surface area contributed by atoms with Crippen LogP contribution in [0.4, 0.5) is 11.4 Å². The molecule has 29 heavy (non-hydrogen) atoms. The van der Waals surface area contributed by atoms with E-state index in [4.69, 9.17) is 4.74 Å². The van der Waals surface area contributed by atoms with E-state index in [-0.39, 0.29) is 24.4 Å². The van der Waals surface area contributed by atoms with Gasteiger partial charge in [0.1, 0.15) is 12.3 Å². The van der Waals surface area contributed by atoms with Gasteiger partial charge in [-0.2, -0.15) is 5.10 Å². The van der Waals surface area contributed by atoms with Crippen LogP contribution in [0.25, 0.3) is 0 Å². The molecule has 1 saturated heterocycles. The summed E-state index contributed by atoms with van der Waals surface area (Å²) in [7, 11) is 1.59. The number of fused-ring (bicyclic) bond motifs is 1. The van der Waals surface area contributed by atoms with Crippen LogP contribution in [-0.2, 0) is 16.1 Å². The van der Waals surface area contributed by atoms with E-state index in [1.54, 1.807) is 43.8 Å². The third-order valence-corrected chi connectivity index (χ3v) is 5.76. The zero-order valence-corrected chi connectivity index (χ0v) is 16.6. The molecule has 0 bridgehead atoms. The van der Waals surface area contributed by atoms with Gasteiger partial charge in [0.15, 0.2) is 0 Å². The van der Waals surface area contributed by atoms with Crippen LogP contribution in [0.2, 0.25) is 0 Å². The van der Waals surface area contributed by atoms with Gasteiger partial charge in [-0.25, -0.2) is 0 Å². The van der Waals surface area contributed by atoms with Gasteiger partial charge in [0, 0.05) is 17.9 Å². The Kier molecular flexibility index (Phi) is 5.80. The Morgan fingerprint density at radius 3 is 2.72 bits per heavy atom. The van der Waals surface area contributed by atoms with Crippen molar-refractivity contribution in [3.8, 4) is 5.75 Å². The van der Waals surface area contributed by atoms with Crippen LogP contribution in [0.15, 0.2) is 36.7 Å². The number of nitrogens with zero attached hydrogens (tertiary/aromatic N) is 2. The number of ether oxygens (including phenoxy) is 1. The van der Waals surface area contributed by atoms with Crippen molar-refractivity contribution in [1.29, 1.82) is 0 Å². The summed E-state index contributed by atoms with van der Waals surface area (Å²) in [5.41, 5.74) is 1.29. The maximum absolute atomic E-state index is 12.6. The van der Waals surface area contributed by atoms with Gasteiger partial charge in [0.2, 0.25) is 11.8 Å². The first-order chi connectivity index (χ1) is 14.1. The second-order valence-electron chi connectivity index (χ2n) is 7.80. The lowest BCUT2D eigenvalue weighted by atomic mass is 9.85. The summed E-state index contributed by atoms with van der Waals surface area (Å²) in [6, 6.07) is 7.44. The number of anilines is 2. The third-order valence-electron chi connectivity index (χ3n) is 5.76. The molecule has 1 aromatic heterocycles. The Bertz CT molecular complexity index is 849. The molecule has 3 N–H and O–H groups in total. The van der Waals surface area contributed by atoms with E-state index in [0.717, 1.165) is 18.6 Å². The minimum atomic E-state index is -0.197. The number of hydrogen-bond donors (Lipinski definition) is 3. The van der Waals surface area contributed by atoms with Crippen LogP contribution in [0, 0.1) is 5.92 Å². The van der Waals surface area contributed by atoms with Crippen molar-refractivity contribution in [3.63, 3.8) is 0 Å². The first-order valence-corrected chi connectivity index (χ1v) is 10.1. The minimum Gasteiger partial charge on any atom is -0.497 e. The fraction of sp³-hybridized carbons (Fsp3) is 0.476. The largest absolute Gasteiger partial charge is 0.497 e. The number of nitrogens with one attached hydrogen (secondary N) is 3. The Morgan fingerprint density at radius 1 is 1.17 bits per heavy atom. The fourth-order valence-electron chi connectivity index (χ4n) is 4.29. The highest BCUT2D eigenvalue weighted by molar-refractivity contribution is 5.95. The second-order valence-corrected chi connectivity index (χ2v) is 7.80. The van der Waals surface area contributed by atoms with Crippen LogP contribution in [0.5, 0.6) is 5.75 Å². The SMILES string of the molecule is COc1ccc(NC(=O)Cn2cc(NC(=O)C3CC4CCCCC4N3)cn2)cc1. The molecule has 0 spiro atoms. The molecule has 8 nitrogen and oxygen atoms in total. The van der Waals surface area contributed by atoms with Gasteiger partial charge in [-0.3, -0.25) is 14.3 Å². The van der Waals surface area contributed by atoms with Crippen molar-refractivity contribution in [1.82, 2.24) is 15.1 Å². The molecule has 2 amide bonds. The smallest absolute Gasteiger partial charge is 0.246 e. The van der Waals surface area contributed by atoms with Gasteiger partial charge in [-0.05, 0) is 49.4 Å². The maximum Gasteiger partial charge on any atom is 0.246 e. The van der Waals surface area contributed by atoms with Gasteiger partial charge in [0.25, 0.3) is 0 Å². The summed E-state index contributed by atoms with van der Waals surface area (Å²) in [6.45, 7) is 0.0632. The van der Waals surface area contributed by atoms with E-state index in [9.17, 15) is 9.59 Å². The van der Waals surface area contributed by atoms with Crippen LogP contribution < -0.4 is 20.7 Å². The Balaban J connectivity index is 1.27. The van der Waals surface area contributed by atoms with E-state index in [2.05, 4.69) is 21.0 Å². The topological polar surface area (TPSA) is 97.3 Å². The molecule has 1 aromatic carbocycles. The summed E-state index contributed by atoms with van der Waals surface area (Å²) < 4.78 is 6.61. The number of amides is 2. The molecule has 1 aliphatic heterocycles. The predicted octanol–water partition coefficient (Wildman–Crippen LogP) is 2.39. The predicted molar refractivity (Wildman–Crippen MR) is 110 cm³/mol. The van der Waals surface area contributed by atoms with Crippen LogP contribution >= 0.6 is 0 Å². The zero-order chi connectivity index (χ0) is 20.2. The number of hydrogen-bond acceptors (Lipinski definition) is 5. The summed E-state index contributed by atoms with van der Waals surface area (Å²) >= 11 is 0. The maximum atomic E-state index is 12.6. The minimum absolute atomic E-state index is 0.0263. The molecule has 1 aliphatic carbocycles. The van der Waals surface area contributed by atoms with Gasteiger partial charge < -0.3 is 20.7 Å². The van der Waals surface area contributed by atoms with Crippen LogP contribution in [0.1, 0.15) is 32.1 Å². The highest BCUT2D eigenvalue weighted by Crippen LogP contribution is 2.33. The van der Waals surface area contributed by atoms with E-state index >= 15 is 0 Å². The average molecular weight is 397 g/mol. The Morgan fingerprint density at radius 2 is 1.97 bits per heavy atom. The molecule has 2 heterocycles. The number of methoxy groups -OCH3 is 1. The molecule has 3 unspecified atom stereocenters. The average Bonchev–Trinajstić information content (AvgIpc) is 3.35. The molecular formula is C21H27N5O3. The molecule has 4 rings (SSSR count). The molecule has 3 atom stereocenters. The Hall–Kier alpha value is -2.87. The summed E-state index contributed by atoms with van der Waals surface area (Å²) in [5.74, 6) is 1.12. The summed E-state index contributed by atoms with van der Waals surface area (Å²) in [4.78, 5) is 24.8. The number of carbonyl (C=O) groups is 2. The lowest BCUT2D eigenvalue weighted by molar-refractivity contribution is -0.118. The molecule has 2 aliphatic rings. The third kappa shape index (κ3) is 4.76. The van der Waals surface area contributed by atoms with Crippen LogP contribution in [-0.4, -0.2) is 40.8 Å². The summed E-state index contributed by atoms with van der Waals surface area (Å²) in [6.07, 6.45) is 9.03. The number of aromatic nitrogens is 2. The van der Waals surface area contributed by atoms with Gasteiger partial charge >= 0.3 is 0 Å². The van der Waals surface area contributed by atoms with E-state index < -0.39 is 0 Å². The number of rotatable bonds is 6. The van der Waals surface area contributed by atoms with E-state index in [1.165, 1.54) is 23.9 Å². The van der Waals surface area contributed by atoms with Crippen LogP contribution in [0.3, 0.4) is 0 Å². The number of carbonyl (C=O) groups excluding carboxylic acids is 2. The molecule has 1 saturated carbocycles. The van der Waals surface area contributed by atoms with Gasteiger partial charge in [0.05, 0.1) is 25.0 Å². The summed E-state index contributed by atoms with van der Waals surface area (Å²) in [5, 5.41) is 13.4. The Labute approximate surface area is 170 Å². The van der Waals surface area contributed by atoms with Gasteiger partial charge in [-0.15, -0.1) is 0 Å². The van der Waals surface area contributed by atoms with Crippen molar-refractivity contribution >= 4 is 23.2 Å². The normalized spacial score (nSPS) is 23.3. The lowest BCUT2D eigenvalue weighted by Crippen LogP contribution is -2.39. The van der Waals surface area contributed by atoms with Crippen molar-refractivity contribution < 1.29 is 14.3 Å².